The van der Waals surface area contributed by atoms with Gasteiger partial charge in [-0.15, -0.1) is 0 Å². The maximum Gasteiger partial charge on any atom is 0.139 e. The van der Waals surface area contributed by atoms with E-state index in [1.807, 2.05) is 0 Å². The molecule has 2 unspecified atom stereocenters. The zero-order valence-corrected chi connectivity index (χ0v) is 46.0. The predicted molar refractivity (Wildman–Crippen MR) is 340 cm³/mol. The van der Waals surface area contributed by atoms with Crippen LogP contribution >= 0.6 is 12.1 Å². The van der Waals surface area contributed by atoms with Gasteiger partial charge in [-0.05, 0) is 131 Å². The van der Waals surface area contributed by atoms with E-state index in [0.717, 1.165) is 156 Å². The molecule has 0 aromatic heterocycles. The second-order valence-electron chi connectivity index (χ2n) is 21.1. The van der Waals surface area contributed by atoms with Gasteiger partial charge in [0, 0.05) is 44.1 Å². The van der Waals surface area contributed by atoms with E-state index < -0.39 is 12.1 Å². The second kappa shape index (κ2) is 16.3. The molecule has 6 heterocycles. The predicted octanol–water partition coefficient (Wildman–Crippen LogP) is 17.0. The molecule has 80 heavy (non-hydrogen) atoms. The van der Waals surface area contributed by atoms with Crippen LogP contribution < -0.4 is 60.9 Å². The summed E-state index contributed by atoms with van der Waals surface area (Å²) in [5.74, 6) is 3.11. The Bertz CT molecular complexity index is 4490. The number of nitrogens with zero attached hydrogens (tertiary/aromatic N) is 4. The fourth-order valence-electron chi connectivity index (χ4n) is 13.8. The topological polar surface area (TPSA) is 31.4 Å². The first-order valence-electron chi connectivity index (χ1n) is 26.9. The van der Waals surface area contributed by atoms with Crippen LogP contribution in [-0.4, -0.2) is 0 Å². The van der Waals surface area contributed by atoms with Crippen molar-refractivity contribution in [1.82, 2.24) is 0 Å². The van der Waals surface area contributed by atoms with E-state index in [2.05, 4.69) is 274 Å². The Hall–Kier alpha value is -9.00. The molecule has 0 spiro atoms. The molecule has 12 aromatic rings. The molecule has 0 aliphatic carbocycles. The van der Waals surface area contributed by atoms with Crippen molar-refractivity contribution in [2.24, 2.45) is 0 Å². The monoisotopic (exact) mass is 1100 g/mol. The van der Waals surface area contributed by atoms with Crippen molar-refractivity contribution >= 4 is 147 Å². The lowest BCUT2D eigenvalue weighted by Crippen LogP contribution is -2.46. The number of fused-ring (bicyclic) bond motifs is 3. The Morgan fingerprint density at radius 1 is 0.250 bits per heavy atom. The van der Waals surface area contributed by atoms with Gasteiger partial charge in [0.25, 0.3) is 0 Å². The van der Waals surface area contributed by atoms with Crippen LogP contribution in [0.3, 0.4) is 0 Å². The summed E-state index contributed by atoms with van der Waals surface area (Å²) in [5, 5.41) is 8.52. The van der Waals surface area contributed by atoms with Gasteiger partial charge in [-0.3, -0.25) is 0 Å². The van der Waals surface area contributed by atoms with Crippen molar-refractivity contribution in [3.8, 4) is 45.3 Å². The molecule has 0 saturated heterocycles. The molecular weight excluding hydrogens is 1050 g/mol. The van der Waals surface area contributed by atoms with Crippen molar-refractivity contribution < 1.29 is 9.47 Å². The van der Waals surface area contributed by atoms with E-state index in [0.29, 0.717) is 0 Å². The van der Waals surface area contributed by atoms with Gasteiger partial charge < -0.3 is 29.1 Å². The number of hydrogen-bond donors (Lipinski definition) is 0. The average molecular weight is 1100 g/mol. The molecule has 0 N–H and O–H groups in total. The summed E-state index contributed by atoms with van der Waals surface area (Å²) in [6, 6.07) is 85.7. The summed E-state index contributed by atoms with van der Waals surface area (Å²) in [6.07, 6.45) is 0. The summed E-state index contributed by atoms with van der Waals surface area (Å²) < 4.78 is 15.1. The Balaban J connectivity index is 1.02. The molecule has 18 rings (SSSR count). The third-order valence-corrected chi connectivity index (χ3v) is 26.6. The van der Waals surface area contributed by atoms with Crippen LogP contribution in [0.15, 0.2) is 255 Å². The average Bonchev–Trinajstić information content (AvgIpc) is 3.67. The van der Waals surface area contributed by atoms with Crippen molar-refractivity contribution in [1.29, 1.82) is 0 Å². The maximum atomic E-state index is 7.70. The molecule has 12 aromatic carbocycles. The van der Waals surface area contributed by atoms with Gasteiger partial charge in [-0.25, -0.2) is 0 Å². The molecule has 10 heteroatoms. The molecule has 0 bridgehead atoms. The number of hydrogen-bond acceptors (Lipinski definition) is 8. The minimum Gasteiger partial charge on any atom is -0.456 e. The van der Waals surface area contributed by atoms with Crippen molar-refractivity contribution in [2.45, 2.75) is 0 Å². The molecule has 6 aliphatic rings. The third-order valence-electron chi connectivity index (χ3n) is 16.9. The minimum atomic E-state index is -2.98. The molecule has 0 saturated carbocycles. The quantitative estimate of drug-likeness (QED) is 0.152. The van der Waals surface area contributed by atoms with Crippen LogP contribution in [0.1, 0.15) is 0 Å². The second-order valence-corrected chi connectivity index (χ2v) is 29.5. The number of anilines is 12. The smallest absolute Gasteiger partial charge is 0.139 e. The largest absolute Gasteiger partial charge is 0.456 e. The van der Waals surface area contributed by atoms with E-state index in [9.17, 15) is 0 Å². The first-order chi connectivity index (χ1) is 39.5. The number of rotatable bonds is 6. The summed E-state index contributed by atoms with van der Waals surface area (Å²) in [4.78, 5) is 9.81. The number of benzene rings is 12. The number of para-hydroxylation sites is 4. The highest BCUT2D eigenvalue weighted by molar-refractivity contribution is 8.27. The fraction of sp³-hybridized carbons (Fsp3) is 0. The van der Waals surface area contributed by atoms with Crippen molar-refractivity contribution in [3.63, 3.8) is 0 Å². The lowest BCUT2D eigenvalue weighted by atomic mass is 9.97. The Labute approximate surface area is 472 Å². The summed E-state index contributed by atoms with van der Waals surface area (Å²) in [6.45, 7) is 0. The Morgan fingerprint density at radius 2 is 0.562 bits per heavy atom. The first-order valence-corrected chi connectivity index (χ1v) is 32.5. The van der Waals surface area contributed by atoms with E-state index in [-0.39, 0.29) is 0 Å². The van der Waals surface area contributed by atoms with E-state index in [1.54, 1.807) is 0 Å². The van der Waals surface area contributed by atoms with Gasteiger partial charge in [0.2, 0.25) is 0 Å². The molecule has 0 fully saturated rings. The summed E-state index contributed by atoms with van der Waals surface area (Å²) in [5.41, 5.74) is 16.9. The zero-order chi connectivity index (χ0) is 52.6. The Morgan fingerprint density at radius 3 is 0.912 bits per heavy atom. The maximum absolute atomic E-state index is 7.70. The van der Waals surface area contributed by atoms with Gasteiger partial charge >= 0.3 is 0 Å². The van der Waals surface area contributed by atoms with Crippen LogP contribution in [0.4, 0.5) is 68.2 Å². The first kappa shape index (κ1) is 44.9. The highest BCUT2D eigenvalue weighted by atomic mass is 32.4. The van der Waals surface area contributed by atoms with Gasteiger partial charge in [-0.1, -0.05) is 169 Å². The van der Waals surface area contributed by atoms with E-state index >= 15 is 0 Å². The van der Waals surface area contributed by atoms with Gasteiger partial charge in [0.05, 0.1) is 78.8 Å². The van der Waals surface area contributed by atoms with E-state index in [1.165, 1.54) is 0 Å². The molecule has 376 valence electrons. The van der Waals surface area contributed by atoms with Crippen molar-refractivity contribution in [2.75, 3.05) is 19.6 Å². The molecular formula is C70H42N4O2P2S2. The lowest BCUT2D eigenvalue weighted by molar-refractivity contribution is 0.488. The zero-order valence-electron chi connectivity index (χ0n) is 42.6. The molecule has 6 aliphatic heterocycles. The van der Waals surface area contributed by atoms with Crippen LogP contribution in [0.5, 0.6) is 23.0 Å². The minimum absolute atomic E-state index is 0.764. The standard InChI is InChI=1S/C70H42N4O2P2S2/c79-77-65-55-37-45(43-21-7-1-8-22-43)39-57(65)73(49-29-15-5-16-30-49)63-51-41-62-70-64(52(51)42-61(69(63)77)75-59-35-19-33-53(67(59)77)71(55)47-25-11-3-12-26-47)74(50-31-17-6-18-32-50)58-40-46(44-23-9-2-10-24-44)38-56-66(58)78(70,80)68-54(34-20-36-60(68)76-62)72(56)48-27-13-4-14-28-48/h1-42H. The Kier molecular flexibility index (Phi) is 9.15. The van der Waals surface area contributed by atoms with Gasteiger partial charge in [0.1, 0.15) is 23.0 Å². The van der Waals surface area contributed by atoms with Gasteiger partial charge in [-0.2, -0.15) is 0 Å². The normalized spacial score (nSPS) is 17.6. The lowest BCUT2D eigenvalue weighted by Gasteiger charge is -2.51. The molecule has 0 radical (unpaired) electrons. The molecule has 6 nitrogen and oxygen atoms in total. The summed E-state index contributed by atoms with van der Waals surface area (Å²) >= 11 is 15.4. The van der Waals surface area contributed by atoms with Crippen LogP contribution in [-0.2, 0) is 23.6 Å². The summed E-state index contributed by atoms with van der Waals surface area (Å²) in [7, 11) is 0. The SMILES string of the molecule is S=P12c3c4cccc3N(c3ccccc3)c3cc(-c5ccccc5)cc(c31)N(c1ccccc1)c1c2c(cc2c3c5c(cc12)Oc1cccc2c1P5(=S)c1c(cc(-c5ccccc5)cc1N3c1ccccc1)N2c1ccccc1)O4. The highest BCUT2D eigenvalue weighted by Crippen LogP contribution is 2.71. The van der Waals surface area contributed by atoms with Crippen LogP contribution in [0.2, 0.25) is 0 Å². The van der Waals surface area contributed by atoms with Gasteiger partial charge in [0.15, 0.2) is 0 Å². The third kappa shape index (κ3) is 5.78. The van der Waals surface area contributed by atoms with E-state index in [4.69, 9.17) is 33.1 Å². The number of ether oxygens (including phenoxy) is 2. The highest BCUT2D eigenvalue weighted by Gasteiger charge is 2.55. The van der Waals surface area contributed by atoms with Crippen LogP contribution in [0, 0.1) is 0 Å². The fourth-order valence-corrected chi connectivity index (χ4v) is 24.1. The van der Waals surface area contributed by atoms with Crippen LogP contribution in [0.25, 0.3) is 33.0 Å². The molecule has 0 amide bonds. The van der Waals surface area contributed by atoms with Crippen molar-refractivity contribution in [3.05, 3.63) is 255 Å². The molecule has 2 atom stereocenters.